The highest BCUT2D eigenvalue weighted by Crippen LogP contribution is 2.50. The lowest BCUT2D eigenvalue weighted by molar-refractivity contribution is 1.28. The molecule has 0 saturated carbocycles. The molecule has 1 heteroatoms. The van der Waals surface area contributed by atoms with Crippen LogP contribution in [0.2, 0.25) is 0 Å². The zero-order valence-corrected chi connectivity index (χ0v) is 33.6. The van der Waals surface area contributed by atoms with Crippen LogP contribution in [0.15, 0.2) is 249 Å². The van der Waals surface area contributed by atoms with Gasteiger partial charge in [-0.3, -0.25) is 0 Å². The summed E-state index contributed by atoms with van der Waals surface area (Å²) in [6, 6.07) is 90.6. The summed E-state index contributed by atoms with van der Waals surface area (Å²) in [4.78, 5) is 2.45. The van der Waals surface area contributed by atoms with Gasteiger partial charge in [-0.2, -0.15) is 0 Å². The maximum Gasteiger partial charge on any atom is 0.0540 e. The van der Waals surface area contributed by atoms with Crippen molar-refractivity contribution in [2.75, 3.05) is 4.90 Å². The second-order valence-corrected chi connectivity index (χ2v) is 15.6. The molecular weight excluding hydrogens is 735 g/mol. The molecule has 0 N–H and O–H groups in total. The molecule has 0 unspecified atom stereocenters. The third kappa shape index (κ3) is 6.63. The third-order valence-corrected chi connectivity index (χ3v) is 12.0. The predicted molar refractivity (Wildman–Crippen MR) is 261 cm³/mol. The maximum atomic E-state index is 2.45. The number of hydrogen-bond donors (Lipinski definition) is 0. The molecule has 11 rings (SSSR count). The van der Waals surface area contributed by atoms with Gasteiger partial charge >= 0.3 is 0 Å². The van der Waals surface area contributed by atoms with Crippen LogP contribution in [0.4, 0.5) is 17.1 Å². The van der Waals surface area contributed by atoms with Gasteiger partial charge in [0.25, 0.3) is 0 Å². The van der Waals surface area contributed by atoms with Crippen molar-refractivity contribution in [2.45, 2.75) is 0 Å². The van der Waals surface area contributed by atoms with Crippen molar-refractivity contribution >= 4 is 49.4 Å². The van der Waals surface area contributed by atoms with Gasteiger partial charge in [-0.25, -0.2) is 0 Å². The van der Waals surface area contributed by atoms with Crippen molar-refractivity contribution in [3.63, 3.8) is 0 Å². The number of anilines is 3. The number of para-hydroxylation sites is 1. The lowest BCUT2D eigenvalue weighted by Gasteiger charge is -2.30. The predicted octanol–water partition coefficient (Wildman–Crippen LogP) is 17.0. The summed E-state index contributed by atoms with van der Waals surface area (Å²) >= 11 is 0. The van der Waals surface area contributed by atoms with Crippen molar-refractivity contribution in [2.24, 2.45) is 0 Å². The Hall–Kier alpha value is -8.00. The van der Waals surface area contributed by atoms with Crippen LogP contribution in [0.25, 0.3) is 88.0 Å². The van der Waals surface area contributed by atoms with E-state index in [1.807, 2.05) is 0 Å². The number of benzene rings is 11. The lowest BCUT2D eigenvalue weighted by Crippen LogP contribution is -2.12. The normalized spacial score (nSPS) is 11.3. The fourth-order valence-electron chi connectivity index (χ4n) is 9.22. The van der Waals surface area contributed by atoms with Crippen LogP contribution in [-0.2, 0) is 0 Å². The van der Waals surface area contributed by atoms with E-state index in [0.29, 0.717) is 0 Å². The fraction of sp³-hybridized carbons (Fsp3) is 0. The van der Waals surface area contributed by atoms with Crippen LogP contribution < -0.4 is 4.90 Å². The van der Waals surface area contributed by atoms with E-state index in [2.05, 4.69) is 254 Å². The summed E-state index contributed by atoms with van der Waals surface area (Å²) in [5.41, 5.74) is 15.1. The van der Waals surface area contributed by atoms with Crippen molar-refractivity contribution < 1.29 is 0 Å². The summed E-state index contributed by atoms with van der Waals surface area (Å²) in [5, 5.41) is 7.46. The monoisotopic (exact) mass is 775 g/mol. The molecule has 0 aliphatic rings. The van der Waals surface area contributed by atoms with Crippen LogP contribution in [0.3, 0.4) is 0 Å². The van der Waals surface area contributed by atoms with Gasteiger partial charge in [-0.15, -0.1) is 0 Å². The first-order chi connectivity index (χ1) is 30.3. The van der Waals surface area contributed by atoms with Crippen LogP contribution in [-0.4, -0.2) is 0 Å². The Kier molecular flexibility index (Phi) is 9.26. The molecular formula is C60H41N. The number of fused-ring (bicyclic) bond motifs is 4. The molecule has 0 saturated heterocycles. The van der Waals surface area contributed by atoms with E-state index >= 15 is 0 Å². The molecule has 286 valence electrons. The Balaban J connectivity index is 1.22. The molecule has 0 bridgehead atoms. The molecule has 0 spiro atoms. The van der Waals surface area contributed by atoms with E-state index in [9.17, 15) is 0 Å². The molecule has 0 aliphatic carbocycles. The summed E-state index contributed by atoms with van der Waals surface area (Å²) in [5.74, 6) is 0. The van der Waals surface area contributed by atoms with E-state index in [1.54, 1.807) is 0 Å². The largest absolute Gasteiger partial charge is 0.310 e. The Morgan fingerprint density at radius 1 is 0.230 bits per heavy atom. The minimum absolute atomic E-state index is 1.08. The van der Waals surface area contributed by atoms with Gasteiger partial charge in [-0.1, -0.05) is 212 Å². The zero-order valence-electron chi connectivity index (χ0n) is 33.6. The third-order valence-electron chi connectivity index (χ3n) is 12.0. The van der Waals surface area contributed by atoms with Gasteiger partial charge in [0, 0.05) is 16.9 Å². The molecule has 11 aromatic carbocycles. The van der Waals surface area contributed by atoms with Gasteiger partial charge in [0.1, 0.15) is 0 Å². The molecule has 11 aromatic rings. The molecule has 0 aliphatic heterocycles. The average molecular weight is 776 g/mol. The van der Waals surface area contributed by atoms with E-state index < -0.39 is 0 Å². The quantitative estimate of drug-likeness (QED) is 0.139. The first kappa shape index (κ1) is 36.1. The summed E-state index contributed by atoms with van der Waals surface area (Å²) in [6.45, 7) is 0. The Bertz CT molecular complexity index is 3270. The number of rotatable bonds is 8. The molecule has 0 heterocycles. The zero-order chi connectivity index (χ0) is 40.5. The van der Waals surface area contributed by atoms with Crippen LogP contribution >= 0.6 is 0 Å². The van der Waals surface area contributed by atoms with Crippen LogP contribution in [0.1, 0.15) is 0 Å². The fourth-order valence-corrected chi connectivity index (χ4v) is 9.22. The maximum absolute atomic E-state index is 2.45. The second-order valence-electron chi connectivity index (χ2n) is 15.6. The van der Waals surface area contributed by atoms with Crippen molar-refractivity contribution in [3.05, 3.63) is 249 Å². The highest BCUT2D eigenvalue weighted by atomic mass is 15.1. The topological polar surface area (TPSA) is 3.24 Å². The Morgan fingerprint density at radius 2 is 0.689 bits per heavy atom. The molecule has 0 atom stereocenters. The second kappa shape index (κ2) is 15.6. The average Bonchev–Trinajstić information content (AvgIpc) is 3.34. The molecule has 1 nitrogen and oxygen atoms in total. The standard InChI is InChI=1S/C60H41N/c1-4-19-43(20-5-1)53-30-16-17-34-59(53)61(48-37-35-46(36-38-48)51-33-18-27-42-25-10-12-28-50(42)51)49-40-56(44-21-6-2-7-22-44)60(57(41-49)45-23-8-3-9-24-45)58-39-47-26-11-13-29-52(47)54-31-14-15-32-55(54)58/h1-41H. The SMILES string of the molecule is c1ccc(-c2ccccc2N(c2ccc(-c3cccc4ccccc34)cc2)c2cc(-c3ccccc3)c(-c3cc4ccccc4c4ccccc34)c(-c3ccccc3)c2)cc1. The smallest absolute Gasteiger partial charge is 0.0540 e. The van der Waals surface area contributed by atoms with Gasteiger partial charge in [0.2, 0.25) is 0 Å². The first-order valence-electron chi connectivity index (χ1n) is 21.0. The highest BCUT2D eigenvalue weighted by Gasteiger charge is 2.24. The molecule has 0 aromatic heterocycles. The van der Waals surface area contributed by atoms with Gasteiger partial charge in [0.15, 0.2) is 0 Å². The van der Waals surface area contributed by atoms with Crippen molar-refractivity contribution in [3.8, 4) is 55.6 Å². The van der Waals surface area contributed by atoms with E-state index in [1.165, 1.54) is 71.3 Å². The molecule has 61 heavy (non-hydrogen) atoms. The summed E-state index contributed by atoms with van der Waals surface area (Å²) in [6.07, 6.45) is 0. The lowest BCUT2D eigenvalue weighted by atomic mass is 9.83. The van der Waals surface area contributed by atoms with Crippen molar-refractivity contribution in [1.82, 2.24) is 0 Å². The summed E-state index contributed by atoms with van der Waals surface area (Å²) < 4.78 is 0. The van der Waals surface area contributed by atoms with E-state index in [-0.39, 0.29) is 0 Å². The van der Waals surface area contributed by atoms with Crippen LogP contribution in [0.5, 0.6) is 0 Å². The number of nitrogens with zero attached hydrogens (tertiary/aromatic N) is 1. The minimum atomic E-state index is 1.08. The highest BCUT2D eigenvalue weighted by molar-refractivity contribution is 6.17. The van der Waals surface area contributed by atoms with Crippen LogP contribution in [0, 0.1) is 0 Å². The Morgan fingerprint density at radius 3 is 1.34 bits per heavy atom. The van der Waals surface area contributed by atoms with Gasteiger partial charge in [-0.05, 0) is 119 Å². The first-order valence-corrected chi connectivity index (χ1v) is 21.0. The number of hydrogen-bond acceptors (Lipinski definition) is 1. The molecule has 0 radical (unpaired) electrons. The van der Waals surface area contributed by atoms with E-state index in [4.69, 9.17) is 0 Å². The minimum Gasteiger partial charge on any atom is -0.310 e. The van der Waals surface area contributed by atoms with E-state index in [0.717, 1.165) is 33.8 Å². The summed E-state index contributed by atoms with van der Waals surface area (Å²) in [7, 11) is 0. The van der Waals surface area contributed by atoms with Gasteiger partial charge in [0.05, 0.1) is 5.69 Å². The van der Waals surface area contributed by atoms with Gasteiger partial charge < -0.3 is 4.90 Å². The Labute approximate surface area is 357 Å². The molecule has 0 fully saturated rings. The van der Waals surface area contributed by atoms with Crippen molar-refractivity contribution in [1.29, 1.82) is 0 Å². The molecule has 0 amide bonds.